The highest BCUT2D eigenvalue weighted by Crippen LogP contribution is 2.20. The summed E-state index contributed by atoms with van der Waals surface area (Å²) in [6.45, 7) is 8.30. The molecule has 0 aromatic rings. The van der Waals surface area contributed by atoms with E-state index in [9.17, 15) is 0 Å². The molecule has 0 aromatic carbocycles. The lowest BCUT2D eigenvalue weighted by atomic mass is 10.1. The number of unbranched alkanes of at least 4 members (excludes halogenated alkanes) is 4. The molecular weight excluding hydrogens is 278 g/mol. The van der Waals surface area contributed by atoms with Gasteiger partial charge in [0.15, 0.2) is 0 Å². The molecule has 0 radical (unpaired) electrons. The van der Waals surface area contributed by atoms with Gasteiger partial charge in [0.1, 0.15) is 0 Å². The van der Waals surface area contributed by atoms with Gasteiger partial charge in [0.25, 0.3) is 0 Å². The van der Waals surface area contributed by atoms with E-state index >= 15 is 0 Å². The molecular formula is C14H30BrNO. The Balaban J connectivity index is 0.00000256. The van der Waals surface area contributed by atoms with Gasteiger partial charge in [-0.2, -0.15) is 0 Å². The quantitative estimate of drug-likeness (QED) is 0.493. The number of quaternary nitrogens is 1. The number of aliphatic hydroxyl groups is 1. The first kappa shape index (κ1) is 17.4. The Kier molecular flexibility index (Phi) is 10.6. The first-order valence-electron chi connectivity index (χ1n) is 7.29. The van der Waals surface area contributed by atoms with E-state index in [2.05, 4.69) is 6.92 Å². The molecule has 0 saturated carbocycles. The molecule has 0 atom stereocenters. The molecule has 1 heterocycles. The predicted octanol–water partition coefficient (Wildman–Crippen LogP) is -0.0462. The van der Waals surface area contributed by atoms with E-state index in [4.69, 9.17) is 5.11 Å². The molecule has 0 aliphatic carbocycles. The number of rotatable bonds is 8. The van der Waals surface area contributed by atoms with E-state index in [1.807, 2.05) is 0 Å². The van der Waals surface area contributed by atoms with Crippen LogP contribution in [0.2, 0.25) is 0 Å². The van der Waals surface area contributed by atoms with Gasteiger partial charge in [0.05, 0.1) is 26.2 Å². The Morgan fingerprint density at radius 2 is 1.47 bits per heavy atom. The van der Waals surface area contributed by atoms with E-state index in [0.717, 1.165) is 6.42 Å². The van der Waals surface area contributed by atoms with Crippen LogP contribution < -0.4 is 17.0 Å². The summed E-state index contributed by atoms with van der Waals surface area (Å²) in [5.74, 6) is 0. The van der Waals surface area contributed by atoms with E-state index in [1.54, 1.807) is 0 Å². The SMILES string of the molecule is CC[N+]1(CCCCCCCO)CCCCC1.[Br-]. The molecule has 2 nitrogen and oxygen atoms in total. The zero-order chi connectivity index (χ0) is 11.7. The molecule has 17 heavy (non-hydrogen) atoms. The second-order valence-electron chi connectivity index (χ2n) is 5.38. The summed E-state index contributed by atoms with van der Waals surface area (Å²) in [6.07, 6.45) is 10.6. The fourth-order valence-corrected chi connectivity index (χ4v) is 2.97. The van der Waals surface area contributed by atoms with Crippen LogP contribution in [0, 0.1) is 0 Å². The number of hydrogen-bond acceptors (Lipinski definition) is 1. The van der Waals surface area contributed by atoms with Crippen LogP contribution in [0.15, 0.2) is 0 Å². The van der Waals surface area contributed by atoms with Gasteiger partial charge in [-0.25, -0.2) is 0 Å². The average molecular weight is 308 g/mol. The van der Waals surface area contributed by atoms with Crippen molar-refractivity contribution in [3.8, 4) is 0 Å². The Morgan fingerprint density at radius 3 is 2.06 bits per heavy atom. The van der Waals surface area contributed by atoms with Gasteiger partial charge in [-0.15, -0.1) is 0 Å². The smallest absolute Gasteiger partial charge is 0.0786 e. The third-order valence-electron chi connectivity index (χ3n) is 4.23. The molecule has 3 heteroatoms. The maximum Gasteiger partial charge on any atom is 0.0786 e. The summed E-state index contributed by atoms with van der Waals surface area (Å²) in [5.41, 5.74) is 0. The molecule has 1 fully saturated rings. The van der Waals surface area contributed by atoms with Crippen LogP contribution >= 0.6 is 0 Å². The van der Waals surface area contributed by atoms with Gasteiger partial charge in [-0.1, -0.05) is 12.8 Å². The second kappa shape index (κ2) is 10.3. The molecule has 1 aliphatic heterocycles. The minimum atomic E-state index is 0. The number of likely N-dealkylation sites (tertiary alicyclic amines) is 1. The molecule has 0 aromatic heterocycles. The molecule has 104 valence electrons. The number of nitrogens with zero attached hydrogens (tertiary/aromatic N) is 1. The summed E-state index contributed by atoms with van der Waals surface area (Å²) in [6, 6.07) is 0. The number of halogens is 1. The van der Waals surface area contributed by atoms with Crippen LogP contribution in [0.5, 0.6) is 0 Å². The molecule has 1 rings (SSSR count). The number of hydrogen-bond donors (Lipinski definition) is 1. The average Bonchev–Trinajstić information content (AvgIpc) is 2.35. The molecule has 1 N–H and O–H groups in total. The third kappa shape index (κ3) is 6.78. The first-order valence-corrected chi connectivity index (χ1v) is 7.29. The van der Waals surface area contributed by atoms with Gasteiger partial charge < -0.3 is 26.6 Å². The highest BCUT2D eigenvalue weighted by atomic mass is 79.9. The van der Waals surface area contributed by atoms with Crippen molar-refractivity contribution >= 4 is 0 Å². The van der Waals surface area contributed by atoms with Gasteiger partial charge in [-0.3, -0.25) is 0 Å². The van der Waals surface area contributed by atoms with Crippen molar-refractivity contribution in [3.05, 3.63) is 0 Å². The van der Waals surface area contributed by atoms with E-state index < -0.39 is 0 Å². The highest BCUT2D eigenvalue weighted by Gasteiger charge is 2.26. The minimum Gasteiger partial charge on any atom is -1.00 e. The predicted molar refractivity (Wildman–Crippen MR) is 69.4 cm³/mol. The maximum absolute atomic E-state index is 8.70. The van der Waals surface area contributed by atoms with Crippen molar-refractivity contribution in [2.45, 2.75) is 58.3 Å². The molecule has 1 aliphatic rings. The Hall–Kier alpha value is 0.400. The van der Waals surface area contributed by atoms with Crippen LogP contribution in [0.3, 0.4) is 0 Å². The van der Waals surface area contributed by atoms with Crippen molar-refractivity contribution in [2.75, 3.05) is 32.8 Å². The standard InChI is InChI=1S/C14H30NO.BrH/c1-2-15(12-8-6-9-13-15)11-7-4-3-5-10-14-16;/h16H,2-14H2,1H3;1H/q+1;/p-1. The molecule has 1 saturated heterocycles. The van der Waals surface area contributed by atoms with Crippen LogP contribution in [0.25, 0.3) is 0 Å². The topological polar surface area (TPSA) is 20.2 Å². The second-order valence-corrected chi connectivity index (χ2v) is 5.38. The third-order valence-corrected chi connectivity index (χ3v) is 4.23. The Morgan fingerprint density at radius 1 is 0.882 bits per heavy atom. The zero-order valence-corrected chi connectivity index (χ0v) is 13.1. The Bertz CT molecular complexity index is 170. The van der Waals surface area contributed by atoms with E-state index in [0.29, 0.717) is 6.61 Å². The summed E-state index contributed by atoms with van der Waals surface area (Å²) in [4.78, 5) is 0. The normalized spacial score (nSPS) is 18.7. The molecule has 0 bridgehead atoms. The van der Waals surface area contributed by atoms with Gasteiger partial charge >= 0.3 is 0 Å². The minimum absolute atomic E-state index is 0. The van der Waals surface area contributed by atoms with Crippen LogP contribution in [-0.2, 0) is 0 Å². The highest BCUT2D eigenvalue weighted by molar-refractivity contribution is 4.54. The fraction of sp³-hybridized carbons (Fsp3) is 1.00. The fourth-order valence-electron chi connectivity index (χ4n) is 2.97. The lowest BCUT2D eigenvalue weighted by Crippen LogP contribution is -3.00. The van der Waals surface area contributed by atoms with Crippen LogP contribution in [0.4, 0.5) is 0 Å². The molecule has 0 unspecified atom stereocenters. The summed E-state index contributed by atoms with van der Waals surface area (Å²) in [7, 11) is 0. The largest absolute Gasteiger partial charge is 1.00 e. The van der Waals surface area contributed by atoms with Crippen molar-refractivity contribution < 1.29 is 26.6 Å². The number of aliphatic hydroxyl groups excluding tert-OH is 1. The first-order chi connectivity index (χ1) is 7.83. The molecule has 0 amide bonds. The van der Waals surface area contributed by atoms with Crippen molar-refractivity contribution in [2.24, 2.45) is 0 Å². The van der Waals surface area contributed by atoms with Crippen LogP contribution in [-0.4, -0.2) is 42.4 Å². The van der Waals surface area contributed by atoms with Gasteiger partial charge in [0.2, 0.25) is 0 Å². The monoisotopic (exact) mass is 307 g/mol. The lowest BCUT2D eigenvalue weighted by molar-refractivity contribution is -0.931. The summed E-state index contributed by atoms with van der Waals surface area (Å²) < 4.78 is 1.39. The molecule has 0 spiro atoms. The summed E-state index contributed by atoms with van der Waals surface area (Å²) in [5, 5.41) is 8.70. The van der Waals surface area contributed by atoms with E-state index in [-0.39, 0.29) is 17.0 Å². The lowest BCUT2D eigenvalue weighted by Gasteiger charge is -2.41. The maximum atomic E-state index is 8.70. The summed E-state index contributed by atoms with van der Waals surface area (Å²) >= 11 is 0. The van der Waals surface area contributed by atoms with Crippen molar-refractivity contribution in [1.82, 2.24) is 0 Å². The van der Waals surface area contributed by atoms with E-state index in [1.165, 1.54) is 75.6 Å². The van der Waals surface area contributed by atoms with Gasteiger partial charge in [0, 0.05) is 6.61 Å². The van der Waals surface area contributed by atoms with Gasteiger partial charge in [-0.05, 0) is 45.4 Å². The van der Waals surface area contributed by atoms with Crippen molar-refractivity contribution in [1.29, 1.82) is 0 Å². The zero-order valence-electron chi connectivity index (χ0n) is 11.5. The van der Waals surface area contributed by atoms with Crippen molar-refractivity contribution in [3.63, 3.8) is 0 Å². The Labute approximate surface area is 118 Å². The number of piperidine rings is 1. The van der Waals surface area contributed by atoms with Crippen LogP contribution in [0.1, 0.15) is 58.3 Å².